The van der Waals surface area contributed by atoms with E-state index in [1.54, 1.807) is 31.3 Å². The van der Waals surface area contributed by atoms with Gasteiger partial charge in [0.15, 0.2) is 5.82 Å². The van der Waals surface area contributed by atoms with Gasteiger partial charge in [-0.25, -0.2) is 27.8 Å². The Bertz CT molecular complexity index is 2530. The number of carbonyl (C=O) groups excluding carboxylic acids is 2. The van der Waals surface area contributed by atoms with Crippen molar-refractivity contribution < 1.29 is 22.4 Å². The molecule has 12 nitrogen and oxygen atoms in total. The van der Waals surface area contributed by atoms with Crippen molar-refractivity contribution in [3.8, 4) is 21.8 Å². The van der Waals surface area contributed by atoms with Crippen molar-refractivity contribution in [2.45, 2.75) is 89.9 Å². The van der Waals surface area contributed by atoms with Gasteiger partial charge in [0.05, 0.1) is 38.6 Å². The Morgan fingerprint density at radius 3 is 2.27 bits per heavy atom. The lowest BCUT2D eigenvalue weighted by Gasteiger charge is -2.38. The van der Waals surface area contributed by atoms with Crippen molar-refractivity contribution >= 4 is 56.2 Å². The second-order valence-electron chi connectivity index (χ2n) is 18.1. The molecule has 3 aliphatic heterocycles. The van der Waals surface area contributed by atoms with Crippen LogP contribution in [0.5, 0.6) is 0 Å². The number of benzene rings is 3. The van der Waals surface area contributed by atoms with Crippen LogP contribution >= 0.6 is 11.3 Å². The molecule has 8 rings (SSSR count). The lowest BCUT2D eigenvalue weighted by molar-refractivity contribution is -0.134. The first-order valence-electron chi connectivity index (χ1n) is 22.1. The molecule has 3 saturated heterocycles. The second kappa shape index (κ2) is 18.8. The van der Waals surface area contributed by atoms with E-state index in [4.69, 9.17) is 9.97 Å². The third kappa shape index (κ3) is 10.6. The zero-order valence-corrected chi connectivity index (χ0v) is 38.1. The van der Waals surface area contributed by atoms with E-state index >= 15 is 4.39 Å². The number of rotatable bonds is 13. The van der Waals surface area contributed by atoms with Crippen molar-refractivity contribution in [3.63, 3.8) is 0 Å². The fourth-order valence-corrected chi connectivity index (χ4v) is 11.1. The van der Waals surface area contributed by atoms with Gasteiger partial charge in [-0.05, 0) is 117 Å². The van der Waals surface area contributed by atoms with E-state index in [-0.39, 0.29) is 40.2 Å². The molecule has 5 aromatic rings. The summed E-state index contributed by atoms with van der Waals surface area (Å²) in [7, 11) is -3.70. The third-order valence-corrected chi connectivity index (χ3v) is 15.4. The molecule has 3 fully saturated rings. The smallest absolute Gasteiger partial charge is 0.234 e. The number of aromatic nitrogens is 3. The van der Waals surface area contributed by atoms with Crippen LogP contribution in [0.2, 0.25) is 0 Å². The van der Waals surface area contributed by atoms with E-state index in [9.17, 15) is 18.0 Å². The zero-order valence-electron chi connectivity index (χ0n) is 36.5. The predicted octanol–water partition coefficient (Wildman–Crippen LogP) is 9.22. The van der Waals surface area contributed by atoms with Gasteiger partial charge in [-0.2, -0.15) is 0 Å². The van der Waals surface area contributed by atoms with Crippen LogP contribution in [0.25, 0.3) is 21.8 Å². The average molecular weight is 893 g/mol. The molecular weight excluding hydrogens is 836 g/mol. The summed E-state index contributed by atoms with van der Waals surface area (Å²) in [5.74, 6) is 0.169. The second-order valence-corrected chi connectivity index (χ2v) is 21.0. The van der Waals surface area contributed by atoms with Gasteiger partial charge in [-0.1, -0.05) is 58.0 Å². The first-order chi connectivity index (χ1) is 30.2. The molecule has 2 aromatic heterocycles. The van der Waals surface area contributed by atoms with E-state index in [1.165, 1.54) is 28.7 Å². The summed E-state index contributed by atoms with van der Waals surface area (Å²) in [6.07, 6.45) is 7.62. The fraction of sp³-hybridized carbons (Fsp3) is 0.438. The maximum Gasteiger partial charge on any atom is 0.234 e. The Labute approximate surface area is 374 Å². The Balaban J connectivity index is 0.852. The Morgan fingerprint density at radius 2 is 1.59 bits per heavy atom. The molecule has 2 amide bonds. The third-order valence-electron chi connectivity index (χ3n) is 12.4. The summed E-state index contributed by atoms with van der Waals surface area (Å²) in [5, 5.41) is 6.62. The minimum Gasteiger partial charge on any atom is -0.372 e. The van der Waals surface area contributed by atoms with Gasteiger partial charge in [-0.15, -0.1) is 11.3 Å². The molecule has 0 aliphatic carbocycles. The van der Waals surface area contributed by atoms with Crippen molar-refractivity contribution in [2.24, 2.45) is 5.92 Å². The highest BCUT2D eigenvalue weighted by Crippen LogP contribution is 2.42. The van der Waals surface area contributed by atoms with Crippen molar-refractivity contribution in [3.05, 3.63) is 101 Å². The van der Waals surface area contributed by atoms with E-state index in [0.29, 0.717) is 53.3 Å². The number of nitrogens with one attached hydrogen (secondary N) is 3. The summed E-state index contributed by atoms with van der Waals surface area (Å²) in [6, 6.07) is 23.3. The number of imide groups is 1. The molecule has 0 saturated carbocycles. The molecule has 63 heavy (non-hydrogen) atoms. The SMILES string of the molecule is CCCS(=O)(=O)Nc1cccc(-c2nc(C(C)(C)C)sc2-c2ccnc(Nc3ccc(C4CCN(CC5CCN(c6ccc([C@H]7CCC(=O)NC7=O)cc6)CC5)CC4)cc3)n2)c1F. The largest absolute Gasteiger partial charge is 0.372 e. The molecule has 0 bridgehead atoms. The van der Waals surface area contributed by atoms with Crippen LogP contribution in [0.4, 0.5) is 27.4 Å². The number of sulfonamides is 1. The molecular formula is C48H57FN8O4S2. The van der Waals surface area contributed by atoms with Crippen molar-refractivity contribution in [2.75, 3.05) is 53.4 Å². The topological polar surface area (TPSA) is 150 Å². The van der Waals surface area contributed by atoms with Gasteiger partial charge < -0.3 is 15.1 Å². The van der Waals surface area contributed by atoms with Gasteiger partial charge >= 0.3 is 0 Å². The Hall–Kier alpha value is -5.25. The Kier molecular flexibility index (Phi) is 13.3. The van der Waals surface area contributed by atoms with Gasteiger partial charge in [0.25, 0.3) is 0 Å². The number of hydrogen-bond acceptors (Lipinski definition) is 11. The number of amides is 2. The molecule has 332 valence electrons. The summed E-state index contributed by atoms with van der Waals surface area (Å²) < 4.78 is 43.6. The number of thiazole rings is 1. The van der Waals surface area contributed by atoms with Crippen LogP contribution in [0, 0.1) is 11.7 Å². The molecule has 3 aliphatic rings. The average Bonchev–Trinajstić information content (AvgIpc) is 3.72. The highest BCUT2D eigenvalue weighted by Gasteiger charge is 2.30. The van der Waals surface area contributed by atoms with Crippen molar-refractivity contribution in [1.29, 1.82) is 0 Å². The summed E-state index contributed by atoms with van der Waals surface area (Å²) >= 11 is 1.44. The maximum atomic E-state index is 16.1. The van der Waals surface area contributed by atoms with Crippen molar-refractivity contribution in [1.82, 2.24) is 25.2 Å². The standard InChI is InChI=1S/C48H57FN8O4S2/c1-5-29-63(60,61)55-39-8-6-7-38(42(39)49)43-44(62-46(54-43)48(2,3)4)40-19-24-50-47(52-40)51-35-13-9-32(10-14-35)33-22-25-56(26-23-33)30-31-20-27-57(28-21-31)36-15-11-34(12-16-36)37-17-18-41(58)53-45(37)59/h6-16,19,24,31,33,37,55H,5,17-18,20-23,25-30H2,1-4H3,(H,50,51,52)(H,53,58,59)/t37-/m1/s1. The number of hydrogen-bond donors (Lipinski definition) is 3. The molecule has 0 unspecified atom stereocenters. The Morgan fingerprint density at radius 1 is 0.873 bits per heavy atom. The number of likely N-dealkylation sites (tertiary alicyclic amines) is 1. The lowest BCUT2D eigenvalue weighted by Crippen LogP contribution is -2.41. The molecule has 0 spiro atoms. The summed E-state index contributed by atoms with van der Waals surface area (Å²) in [6.45, 7) is 13.3. The van der Waals surface area contributed by atoms with E-state index < -0.39 is 15.8 Å². The monoisotopic (exact) mass is 892 g/mol. The number of carbonyl (C=O) groups is 2. The maximum absolute atomic E-state index is 16.1. The number of nitrogens with zero attached hydrogens (tertiary/aromatic N) is 5. The highest BCUT2D eigenvalue weighted by molar-refractivity contribution is 7.92. The minimum atomic E-state index is -3.70. The zero-order chi connectivity index (χ0) is 44.3. The first-order valence-corrected chi connectivity index (χ1v) is 24.6. The fourth-order valence-electron chi connectivity index (χ4n) is 8.91. The van der Waals surface area contributed by atoms with Crippen LogP contribution in [-0.4, -0.2) is 78.6 Å². The highest BCUT2D eigenvalue weighted by atomic mass is 32.2. The molecule has 5 heterocycles. The van der Waals surface area contributed by atoms with E-state index in [2.05, 4.69) is 66.5 Å². The number of anilines is 4. The molecule has 3 N–H and O–H groups in total. The van der Waals surface area contributed by atoms with Gasteiger partial charge in [0.2, 0.25) is 27.8 Å². The van der Waals surface area contributed by atoms with Gasteiger partial charge in [0.1, 0.15) is 0 Å². The first kappa shape index (κ1) is 44.4. The van der Waals surface area contributed by atoms with Gasteiger partial charge in [-0.3, -0.25) is 19.6 Å². The van der Waals surface area contributed by atoms with E-state index in [1.807, 2.05) is 32.9 Å². The summed E-state index contributed by atoms with van der Waals surface area (Å²) in [4.78, 5) is 43.9. The lowest BCUT2D eigenvalue weighted by atomic mass is 9.88. The molecule has 0 radical (unpaired) electrons. The van der Waals surface area contributed by atoms with E-state index in [0.717, 1.165) is 74.7 Å². The predicted molar refractivity (Wildman–Crippen MR) is 250 cm³/mol. The van der Waals surface area contributed by atoms with Crippen LogP contribution in [0.1, 0.15) is 101 Å². The van der Waals surface area contributed by atoms with Crippen LogP contribution in [-0.2, 0) is 25.0 Å². The molecule has 3 aromatic carbocycles. The molecule has 15 heteroatoms. The molecule has 1 atom stereocenters. The summed E-state index contributed by atoms with van der Waals surface area (Å²) in [5.41, 5.74) is 5.11. The van der Waals surface area contributed by atoms with Gasteiger partial charge in [0, 0.05) is 54.6 Å². The van der Waals surface area contributed by atoms with Crippen LogP contribution < -0.4 is 20.3 Å². The van der Waals surface area contributed by atoms with Crippen LogP contribution in [0.3, 0.4) is 0 Å². The van der Waals surface area contributed by atoms with Crippen LogP contribution in [0.15, 0.2) is 79.0 Å². The number of piperidine rings is 3. The normalized spacial score (nSPS) is 18.4. The minimum absolute atomic E-state index is 0.107. The quantitative estimate of drug-likeness (QED) is 0.0977. The number of halogens is 1.